The Hall–Kier alpha value is -2.69. The molecule has 1 unspecified atom stereocenters. The summed E-state index contributed by atoms with van der Waals surface area (Å²) < 4.78 is 49.7. The molecule has 2 N–H and O–H groups in total. The zero-order chi connectivity index (χ0) is 20.3. The molecule has 0 bridgehead atoms. The number of hydrogen-bond acceptors (Lipinski definition) is 7. The number of hydrogen-bond donors (Lipinski definition) is 2. The van der Waals surface area contributed by atoms with Gasteiger partial charge in [0.2, 0.25) is 5.88 Å². The van der Waals surface area contributed by atoms with Crippen molar-refractivity contribution < 1.29 is 32.9 Å². The summed E-state index contributed by atoms with van der Waals surface area (Å²) >= 11 is 1.04. The van der Waals surface area contributed by atoms with Crippen molar-refractivity contribution in [3.63, 3.8) is 0 Å². The van der Waals surface area contributed by atoms with Gasteiger partial charge in [-0.3, -0.25) is 0 Å². The third kappa shape index (κ3) is 4.08. The third-order valence-corrected chi connectivity index (χ3v) is 4.89. The molecule has 1 atom stereocenters. The summed E-state index contributed by atoms with van der Waals surface area (Å²) in [5.41, 5.74) is 0.0962. The number of alkyl halides is 2. The lowest BCUT2D eigenvalue weighted by molar-refractivity contribution is -0.0528. The summed E-state index contributed by atoms with van der Waals surface area (Å²) in [7, 11) is 1.34. The Labute approximate surface area is 161 Å². The van der Waals surface area contributed by atoms with Crippen molar-refractivity contribution in [2.75, 3.05) is 7.11 Å². The molecule has 2 heterocycles. The summed E-state index contributed by atoms with van der Waals surface area (Å²) in [6.45, 7) is -3.37. The average Bonchev–Trinajstić information content (AvgIpc) is 3.16. The molecule has 3 rings (SSSR count). The van der Waals surface area contributed by atoms with Gasteiger partial charge < -0.3 is 19.7 Å². The molecule has 0 radical (unpaired) electrons. The first kappa shape index (κ1) is 20.1. The fourth-order valence-electron chi connectivity index (χ4n) is 2.62. The largest absolute Gasteiger partial charge is 0.496 e. The van der Waals surface area contributed by atoms with Gasteiger partial charge in [0.05, 0.1) is 24.2 Å². The van der Waals surface area contributed by atoms with E-state index in [4.69, 9.17) is 9.84 Å². The van der Waals surface area contributed by atoms with Crippen LogP contribution in [-0.4, -0.2) is 33.9 Å². The summed E-state index contributed by atoms with van der Waals surface area (Å²) in [6, 6.07) is 5.38. The SMILES string of the molecule is COc1ccc(C(O)c2cnc(CO)s2)c(F)c1-c1ccnc(OC(F)F)c1. The van der Waals surface area contributed by atoms with Crippen molar-refractivity contribution >= 4 is 11.3 Å². The first-order chi connectivity index (χ1) is 13.4. The summed E-state index contributed by atoms with van der Waals surface area (Å²) in [5.74, 6) is -1.03. The summed E-state index contributed by atoms with van der Waals surface area (Å²) in [6.07, 6.45) is 1.22. The van der Waals surface area contributed by atoms with E-state index in [0.717, 1.165) is 17.4 Å². The fourth-order valence-corrected chi connectivity index (χ4v) is 3.41. The standard InChI is InChI=1S/C18H15F3N2O4S/c1-26-11-3-2-10(17(25)12-7-23-14(8-24)28-12)16(19)15(11)9-4-5-22-13(6-9)27-18(20)21/h2-7,17-18,24-25H,8H2,1H3. The van der Waals surface area contributed by atoms with Gasteiger partial charge in [0.15, 0.2) is 0 Å². The molecule has 2 aromatic heterocycles. The number of methoxy groups -OCH3 is 1. The highest BCUT2D eigenvalue weighted by atomic mass is 32.1. The van der Waals surface area contributed by atoms with E-state index >= 15 is 4.39 Å². The van der Waals surface area contributed by atoms with Gasteiger partial charge in [-0.1, -0.05) is 0 Å². The van der Waals surface area contributed by atoms with Crippen LogP contribution in [-0.2, 0) is 6.61 Å². The molecule has 1 aromatic carbocycles. The van der Waals surface area contributed by atoms with E-state index in [9.17, 15) is 13.9 Å². The van der Waals surface area contributed by atoms with Gasteiger partial charge in [0.1, 0.15) is 22.7 Å². The highest BCUT2D eigenvalue weighted by Crippen LogP contribution is 2.39. The molecule has 148 valence electrons. The Balaban J connectivity index is 2.07. The molecule has 10 heteroatoms. The Morgan fingerprint density at radius 1 is 1.21 bits per heavy atom. The van der Waals surface area contributed by atoms with Crippen LogP contribution in [0, 0.1) is 5.82 Å². The molecule has 3 aromatic rings. The zero-order valence-electron chi connectivity index (χ0n) is 14.5. The van der Waals surface area contributed by atoms with E-state index < -0.39 is 18.5 Å². The minimum absolute atomic E-state index is 0.0348. The van der Waals surface area contributed by atoms with Crippen LogP contribution in [0.5, 0.6) is 11.6 Å². The van der Waals surface area contributed by atoms with Gasteiger partial charge in [-0.25, -0.2) is 14.4 Å². The van der Waals surface area contributed by atoms with Crippen molar-refractivity contribution in [2.45, 2.75) is 19.3 Å². The van der Waals surface area contributed by atoms with Crippen LogP contribution in [0.25, 0.3) is 11.1 Å². The number of aliphatic hydroxyl groups excluding tert-OH is 2. The fraction of sp³-hybridized carbons (Fsp3) is 0.222. The second-order valence-corrected chi connectivity index (χ2v) is 6.67. The molecule has 0 amide bonds. The van der Waals surface area contributed by atoms with E-state index in [1.807, 2.05) is 0 Å². The first-order valence-corrected chi connectivity index (χ1v) is 8.77. The van der Waals surface area contributed by atoms with Crippen LogP contribution in [0.15, 0.2) is 36.7 Å². The maximum absolute atomic E-state index is 15.3. The van der Waals surface area contributed by atoms with Crippen molar-refractivity contribution in [1.29, 1.82) is 0 Å². The topological polar surface area (TPSA) is 84.7 Å². The lowest BCUT2D eigenvalue weighted by atomic mass is 9.98. The lowest BCUT2D eigenvalue weighted by Gasteiger charge is -2.16. The Bertz CT molecular complexity index is 968. The van der Waals surface area contributed by atoms with Gasteiger partial charge in [-0.15, -0.1) is 11.3 Å². The van der Waals surface area contributed by atoms with E-state index in [-0.39, 0.29) is 34.9 Å². The second kappa shape index (κ2) is 8.55. The predicted molar refractivity (Wildman–Crippen MR) is 94.9 cm³/mol. The maximum atomic E-state index is 15.3. The number of nitrogens with zero attached hydrogens (tertiary/aromatic N) is 2. The van der Waals surface area contributed by atoms with Gasteiger partial charge >= 0.3 is 6.61 Å². The van der Waals surface area contributed by atoms with Crippen LogP contribution in [0.2, 0.25) is 0 Å². The van der Waals surface area contributed by atoms with E-state index in [2.05, 4.69) is 14.7 Å². The smallest absolute Gasteiger partial charge is 0.388 e. The number of rotatable bonds is 7. The number of pyridine rings is 1. The van der Waals surface area contributed by atoms with Crippen LogP contribution >= 0.6 is 11.3 Å². The van der Waals surface area contributed by atoms with Crippen molar-refractivity contribution in [3.05, 3.63) is 57.9 Å². The Morgan fingerprint density at radius 2 is 2.00 bits per heavy atom. The average molecular weight is 412 g/mol. The number of ether oxygens (including phenoxy) is 2. The molecule has 0 saturated carbocycles. The Kier molecular flexibility index (Phi) is 6.12. The summed E-state index contributed by atoms with van der Waals surface area (Å²) in [5, 5.41) is 20.1. The van der Waals surface area contributed by atoms with Crippen LogP contribution in [0.1, 0.15) is 21.6 Å². The minimum atomic E-state index is -3.07. The highest BCUT2D eigenvalue weighted by molar-refractivity contribution is 7.11. The molecule has 0 aliphatic heterocycles. The zero-order valence-corrected chi connectivity index (χ0v) is 15.3. The molecule has 0 spiro atoms. The number of aliphatic hydroxyl groups is 2. The highest BCUT2D eigenvalue weighted by Gasteiger charge is 2.23. The van der Waals surface area contributed by atoms with Crippen LogP contribution < -0.4 is 9.47 Å². The molecule has 28 heavy (non-hydrogen) atoms. The maximum Gasteiger partial charge on any atom is 0.388 e. The molecular weight excluding hydrogens is 397 g/mol. The summed E-state index contributed by atoms with van der Waals surface area (Å²) in [4.78, 5) is 7.94. The number of aromatic nitrogens is 2. The van der Waals surface area contributed by atoms with Crippen molar-refractivity contribution in [3.8, 4) is 22.8 Å². The molecular formula is C18H15F3N2O4S. The van der Waals surface area contributed by atoms with Crippen molar-refractivity contribution in [1.82, 2.24) is 9.97 Å². The Morgan fingerprint density at radius 3 is 2.64 bits per heavy atom. The monoisotopic (exact) mass is 412 g/mol. The van der Waals surface area contributed by atoms with Gasteiger partial charge in [0.25, 0.3) is 0 Å². The van der Waals surface area contributed by atoms with Gasteiger partial charge in [0, 0.05) is 24.0 Å². The molecule has 0 aliphatic rings. The number of benzene rings is 1. The number of halogens is 3. The molecule has 6 nitrogen and oxygen atoms in total. The van der Waals surface area contributed by atoms with E-state index in [0.29, 0.717) is 9.88 Å². The normalized spacial score (nSPS) is 12.2. The van der Waals surface area contributed by atoms with Crippen molar-refractivity contribution in [2.24, 2.45) is 0 Å². The third-order valence-electron chi connectivity index (χ3n) is 3.86. The first-order valence-electron chi connectivity index (χ1n) is 7.95. The predicted octanol–water partition coefficient (Wildman–Crippen LogP) is 3.53. The van der Waals surface area contributed by atoms with E-state index in [1.54, 1.807) is 0 Å². The molecule has 0 saturated heterocycles. The van der Waals surface area contributed by atoms with E-state index in [1.165, 1.54) is 37.7 Å². The van der Waals surface area contributed by atoms with Crippen LogP contribution in [0.4, 0.5) is 13.2 Å². The van der Waals surface area contributed by atoms with Crippen LogP contribution in [0.3, 0.4) is 0 Å². The van der Waals surface area contributed by atoms with Gasteiger partial charge in [-0.05, 0) is 23.8 Å². The molecule has 0 aliphatic carbocycles. The van der Waals surface area contributed by atoms with Gasteiger partial charge in [-0.2, -0.15) is 8.78 Å². The second-order valence-electron chi connectivity index (χ2n) is 5.52. The lowest BCUT2D eigenvalue weighted by Crippen LogP contribution is -2.05. The molecule has 0 fully saturated rings. The number of thiazole rings is 1. The quantitative estimate of drug-likeness (QED) is 0.618. The minimum Gasteiger partial charge on any atom is -0.496 e.